The number of hydrogen-bond donors (Lipinski definition) is 1. The third kappa shape index (κ3) is 1.08. The van der Waals surface area contributed by atoms with Crippen molar-refractivity contribution in [1.82, 2.24) is 0 Å². The molecule has 2 N–H and O–H groups in total. The van der Waals surface area contributed by atoms with Gasteiger partial charge in [-0.1, -0.05) is 6.92 Å². The fourth-order valence-electron chi connectivity index (χ4n) is 2.10. The van der Waals surface area contributed by atoms with E-state index >= 15 is 0 Å². The Hall–Kier alpha value is -0.120. The van der Waals surface area contributed by atoms with Crippen LogP contribution in [0.15, 0.2) is 0 Å². The minimum absolute atomic E-state index is 0.00250. The first-order chi connectivity index (χ1) is 5.65. The number of ether oxygens (including phenoxy) is 2. The van der Waals surface area contributed by atoms with Gasteiger partial charge in [0.15, 0.2) is 6.29 Å². The van der Waals surface area contributed by atoms with E-state index in [0.717, 1.165) is 6.42 Å². The van der Waals surface area contributed by atoms with E-state index in [4.69, 9.17) is 15.2 Å². The molecule has 0 aromatic rings. The smallest absolute Gasteiger partial charge is 0.161 e. The predicted octanol–water partition coefficient (Wildman–Crippen LogP) is 0.875. The molecule has 2 rings (SSSR count). The molecule has 0 saturated carbocycles. The van der Waals surface area contributed by atoms with Gasteiger partial charge in [0.1, 0.15) is 6.10 Å². The van der Waals surface area contributed by atoms with Gasteiger partial charge in [-0.25, -0.2) is 0 Å². The second kappa shape index (κ2) is 2.69. The van der Waals surface area contributed by atoms with E-state index in [1.807, 2.05) is 0 Å². The van der Waals surface area contributed by atoms with E-state index in [1.54, 1.807) is 0 Å². The second-order valence-corrected chi connectivity index (χ2v) is 4.18. The lowest BCUT2D eigenvalue weighted by Gasteiger charge is -2.32. The van der Waals surface area contributed by atoms with Crippen LogP contribution in [0.4, 0.5) is 0 Å². The zero-order valence-corrected chi connectivity index (χ0v) is 7.75. The van der Waals surface area contributed by atoms with Crippen molar-refractivity contribution in [2.45, 2.75) is 44.7 Å². The highest BCUT2D eigenvalue weighted by Gasteiger charge is 2.50. The summed E-state index contributed by atoms with van der Waals surface area (Å²) in [6.07, 6.45) is 2.37. The number of fused-ring (bicyclic) bond motifs is 2. The molecule has 2 heterocycles. The van der Waals surface area contributed by atoms with E-state index in [1.165, 1.54) is 6.42 Å². The maximum atomic E-state index is 5.80. The van der Waals surface area contributed by atoms with E-state index in [0.29, 0.717) is 12.5 Å². The molecular weight excluding hydrogens is 154 g/mol. The molecule has 0 radical (unpaired) electrons. The van der Waals surface area contributed by atoms with Crippen LogP contribution in [0.5, 0.6) is 0 Å². The van der Waals surface area contributed by atoms with Gasteiger partial charge in [-0.15, -0.1) is 0 Å². The van der Waals surface area contributed by atoms with Crippen molar-refractivity contribution in [3.05, 3.63) is 0 Å². The molecule has 2 saturated heterocycles. The van der Waals surface area contributed by atoms with E-state index in [2.05, 4.69) is 13.8 Å². The van der Waals surface area contributed by atoms with Gasteiger partial charge in [0.05, 0.1) is 5.60 Å². The molecule has 2 aliphatic rings. The molecule has 0 aliphatic carbocycles. The molecule has 0 aromatic heterocycles. The zero-order chi connectivity index (χ0) is 8.77. The topological polar surface area (TPSA) is 44.5 Å². The summed E-state index contributed by atoms with van der Waals surface area (Å²) in [5, 5.41) is 0. The number of rotatable bonds is 1. The molecule has 70 valence electrons. The first-order valence-electron chi connectivity index (χ1n) is 4.69. The summed E-state index contributed by atoms with van der Waals surface area (Å²) in [5.74, 6) is 0.523. The molecule has 4 atom stereocenters. The van der Waals surface area contributed by atoms with Gasteiger partial charge in [-0.05, 0) is 19.8 Å². The molecule has 3 heteroatoms. The van der Waals surface area contributed by atoms with E-state index in [9.17, 15) is 0 Å². The predicted molar refractivity (Wildman–Crippen MR) is 45.6 cm³/mol. The minimum atomic E-state index is -0.105. The molecule has 3 nitrogen and oxygen atoms in total. The average Bonchev–Trinajstić information content (AvgIpc) is 2.33. The molecule has 2 bridgehead atoms. The molecule has 0 unspecified atom stereocenters. The maximum absolute atomic E-state index is 5.80. The monoisotopic (exact) mass is 171 g/mol. The lowest BCUT2D eigenvalue weighted by molar-refractivity contribution is -0.143. The van der Waals surface area contributed by atoms with Crippen LogP contribution < -0.4 is 5.73 Å². The first-order valence-corrected chi connectivity index (χ1v) is 4.69. The normalized spacial score (nSPS) is 52.8. The molecular formula is C9H17NO2. The lowest BCUT2D eigenvalue weighted by atomic mass is 9.88. The maximum Gasteiger partial charge on any atom is 0.161 e. The highest BCUT2D eigenvalue weighted by molar-refractivity contribution is 4.95. The summed E-state index contributed by atoms with van der Waals surface area (Å²) in [6, 6.07) is 0. The molecule has 12 heavy (non-hydrogen) atoms. The largest absolute Gasteiger partial charge is 0.345 e. The van der Waals surface area contributed by atoms with Gasteiger partial charge in [0.2, 0.25) is 0 Å². The zero-order valence-electron chi connectivity index (χ0n) is 7.75. The Morgan fingerprint density at radius 3 is 2.92 bits per heavy atom. The van der Waals surface area contributed by atoms with Crippen molar-refractivity contribution < 1.29 is 9.47 Å². The summed E-state index contributed by atoms with van der Waals surface area (Å²) in [5.41, 5.74) is 5.51. The van der Waals surface area contributed by atoms with Crippen molar-refractivity contribution in [2.24, 2.45) is 11.7 Å². The molecule has 0 amide bonds. The third-order valence-electron chi connectivity index (χ3n) is 3.14. The van der Waals surface area contributed by atoms with Crippen LogP contribution in [0.1, 0.15) is 26.7 Å². The van der Waals surface area contributed by atoms with Crippen LogP contribution in [0.25, 0.3) is 0 Å². The Morgan fingerprint density at radius 1 is 1.58 bits per heavy atom. The average molecular weight is 171 g/mol. The van der Waals surface area contributed by atoms with Crippen LogP contribution in [0, 0.1) is 5.92 Å². The van der Waals surface area contributed by atoms with Gasteiger partial charge in [-0.2, -0.15) is 0 Å². The SMILES string of the molecule is C[C@H]1CC[C@]2(C)O[C@H]1O[C@H]2CN. The minimum Gasteiger partial charge on any atom is -0.345 e. The Balaban J connectivity index is 2.15. The molecule has 2 aliphatic heterocycles. The van der Waals surface area contributed by atoms with E-state index < -0.39 is 0 Å². The van der Waals surface area contributed by atoms with Crippen LogP contribution in [-0.4, -0.2) is 24.5 Å². The fourth-order valence-corrected chi connectivity index (χ4v) is 2.10. The standard InChI is InChI=1S/C9H17NO2/c1-6-3-4-9(2)7(5-10)11-8(6)12-9/h6-8H,3-5,10H2,1-2H3/t6-,7-,8+,9-/m0/s1. The van der Waals surface area contributed by atoms with Gasteiger partial charge in [0, 0.05) is 12.5 Å². The van der Waals surface area contributed by atoms with Crippen molar-refractivity contribution in [1.29, 1.82) is 0 Å². The lowest BCUT2D eigenvalue weighted by Crippen LogP contribution is -2.42. The summed E-state index contributed by atoms with van der Waals surface area (Å²) >= 11 is 0. The van der Waals surface area contributed by atoms with Crippen molar-refractivity contribution >= 4 is 0 Å². The number of nitrogens with two attached hydrogens (primary N) is 1. The second-order valence-electron chi connectivity index (χ2n) is 4.18. The van der Waals surface area contributed by atoms with Crippen molar-refractivity contribution in [3.8, 4) is 0 Å². The Kier molecular flexibility index (Phi) is 1.90. The quantitative estimate of drug-likeness (QED) is 0.637. The van der Waals surface area contributed by atoms with Crippen molar-refractivity contribution in [3.63, 3.8) is 0 Å². The van der Waals surface area contributed by atoms with Gasteiger partial charge in [0.25, 0.3) is 0 Å². The van der Waals surface area contributed by atoms with Crippen LogP contribution in [0.2, 0.25) is 0 Å². The third-order valence-corrected chi connectivity index (χ3v) is 3.14. The molecule has 0 aromatic carbocycles. The Labute approximate surface area is 73.2 Å². The Morgan fingerprint density at radius 2 is 2.33 bits per heavy atom. The molecule has 2 fully saturated rings. The highest BCUT2D eigenvalue weighted by atomic mass is 16.7. The van der Waals surface area contributed by atoms with Crippen molar-refractivity contribution in [2.75, 3.05) is 6.54 Å². The first kappa shape index (κ1) is 8.48. The summed E-state index contributed by atoms with van der Waals surface area (Å²) in [7, 11) is 0. The van der Waals surface area contributed by atoms with Gasteiger partial charge in [-0.3, -0.25) is 0 Å². The van der Waals surface area contributed by atoms with Crippen LogP contribution in [0.3, 0.4) is 0 Å². The van der Waals surface area contributed by atoms with Crippen LogP contribution >= 0.6 is 0 Å². The molecule has 0 spiro atoms. The van der Waals surface area contributed by atoms with Gasteiger partial charge >= 0.3 is 0 Å². The summed E-state index contributed by atoms with van der Waals surface area (Å²) < 4.78 is 11.5. The number of hydrogen-bond acceptors (Lipinski definition) is 3. The van der Waals surface area contributed by atoms with E-state index in [-0.39, 0.29) is 18.0 Å². The Bertz CT molecular complexity index is 185. The summed E-state index contributed by atoms with van der Waals surface area (Å²) in [6.45, 7) is 4.85. The fraction of sp³-hybridized carbons (Fsp3) is 1.00. The highest BCUT2D eigenvalue weighted by Crippen LogP contribution is 2.42. The summed E-state index contributed by atoms with van der Waals surface area (Å²) in [4.78, 5) is 0. The van der Waals surface area contributed by atoms with Gasteiger partial charge < -0.3 is 15.2 Å². The van der Waals surface area contributed by atoms with Crippen LogP contribution in [-0.2, 0) is 9.47 Å².